The Bertz CT molecular complexity index is 1110. The van der Waals surface area contributed by atoms with Gasteiger partial charge < -0.3 is 26.0 Å². The average Bonchev–Trinajstić information content (AvgIpc) is 3.21. The number of nitrogens with one attached hydrogen (secondary N) is 3. The number of thiocarbonyl (C=S) groups is 1. The predicted molar refractivity (Wildman–Crippen MR) is 159 cm³/mol. The third kappa shape index (κ3) is 7.94. The lowest BCUT2D eigenvalue weighted by molar-refractivity contribution is -0.147. The lowest BCUT2D eigenvalue weighted by atomic mass is 9.97. The van der Waals surface area contributed by atoms with Crippen molar-refractivity contribution in [3.05, 3.63) is 71.3 Å². The number of nitrogens with zero attached hydrogens (tertiary/aromatic N) is 1. The third-order valence-corrected chi connectivity index (χ3v) is 8.35. The molecule has 4 N–H and O–H groups in total. The topological polar surface area (TPSA) is 93.7 Å². The van der Waals surface area contributed by atoms with E-state index in [4.69, 9.17) is 12.2 Å². The SMILES string of the molecule is Cc1ccccc1CNC(=O)[C@H]1N(C(=O)[C@@H](O)[C@H](Cc2ccccc2)NC(=S)NCC(C)C)CSC1(C)C. The highest BCUT2D eigenvalue weighted by Crippen LogP contribution is 2.40. The Labute approximate surface area is 236 Å². The molecule has 0 radical (unpaired) electrons. The summed E-state index contributed by atoms with van der Waals surface area (Å²) in [6.07, 6.45) is -0.999. The molecule has 1 fully saturated rings. The second-order valence-corrected chi connectivity index (χ2v) is 12.7. The van der Waals surface area contributed by atoms with Crippen LogP contribution >= 0.6 is 24.0 Å². The number of benzene rings is 2. The standard InChI is InChI=1S/C29H40N4O3S2/c1-19(2)16-31-28(37)32-23(15-21-12-7-6-8-13-21)24(34)27(36)33-18-38-29(4,5)25(33)26(35)30-17-22-14-10-9-11-20(22)3/h6-14,19,23-25,34H,15-18H2,1-5H3,(H,30,35)(H2,31,32,37)/t23-,24-,25+/m0/s1. The van der Waals surface area contributed by atoms with Crippen molar-refractivity contribution >= 4 is 40.9 Å². The number of aliphatic hydroxyl groups excluding tert-OH is 1. The van der Waals surface area contributed by atoms with Crippen LogP contribution in [-0.2, 0) is 22.6 Å². The summed E-state index contributed by atoms with van der Waals surface area (Å²) in [5, 5.41) is 21.1. The summed E-state index contributed by atoms with van der Waals surface area (Å²) in [6, 6.07) is 16.2. The fourth-order valence-electron chi connectivity index (χ4n) is 4.47. The maximum Gasteiger partial charge on any atom is 0.254 e. The molecular weight excluding hydrogens is 516 g/mol. The fourth-order valence-corrected chi connectivity index (χ4v) is 5.84. The molecule has 1 heterocycles. The van der Waals surface area contributed by atoms with Crippen LogP contribution in [0.2, 0.25) is 0 Å². The van der Waals surface area contributed by atoms with E-state index in [0.29, 0.717) is 36.4 Å². The van der Waals surface area contributed by atoms with Gasteiger partial charge in [-0.25, -0.2) is 0 Å². The van der Waals surface area contributed by atoms with Crippen molar-refractivity contribution < 1.29 is 14.7 Å². The minimum atomic E-state index is -1.39. The van der Waals surface area contributed by atoms with Gasteiger partial charge in [-0.1, -0.05) is 68.4 Å². The van der Waals surface area contributed by atoms with Gasteiger partial charge in [-0.15, -0.1) is 11.8 Å². The molecule has 0 bridgehead atoms. The zero-order valence-electron chi connectivity index (χ0n) is 22.9. The lowest BCUT2D eigenvalue weighted by Crippen LogP contribution is -2.59. The Balaban J connectivity index is 1.77. The second kappa shape index (κ2) is 13.4. The Morgan fingerprint density at radius 1 is 1.11 bits per heavy atom. The second-order valence-electron chi connectivity index (χ2n) is 10.7. The van der Waals surface area contributed by atoms with E-state index in [1.807, 2.05) is 75.4 Å². The molecule has 2 aromatic rings. The average molecular weight is 557 g/mol. The summed E-state index contributed by atoms with van der Waals surface area (Å²) in [7, 11) is 0. The first-order chi connectivity index (χ1) is 18.0. The summed E-state index contributed by atoms with van der Waals surface area (Å²) in [6.45, 7) is 11.1. The molecule has 206 valence electrons. The van der Waals surface area contributed by atoms with Crippen LogP contribution in [0.25, 0.3) is 0 Å². The van der Waals surface area contributed by atoms with Crippen LogP contribution < -0.4 is 16.0 Å². The van der Waals surface area contributed by atoms with Crippen LogP contribution in [0.3, 0.4) is 0 Å². The van der Waals surface area contributed by atoms with Crippen molar-refractivity contribution in [3.63, 3.8) is 0 Å². The minimum absolute atomic E-state index is 0.231. The van der Waals surface area contributed by atoms with E-state index in [9.17, 15) is 14.7 Å². The summed E-state index contributed by atoms with van der Waals surface area (Å²) >= 11 is 7.00. The largest absolute Gasteiger partial charge is 0.381 e. The maximum absolute atomic E-state index is 13.7. The molecule has 0 aromatic heterocycles. The molecule has 0 unspecified atom stereocenters. The molecule has 1 saturated heterocycles. The van der Waals surface area contributed by atoms with Crippen molar-refractivity contribution in [3.8, 4) is 0 Å². The molecule has 2 amide bonds. The van der Waals surface area contributed by atoms with E-state index in [1.165, 1.54) is 16.7 Å². The van der Waals surface area contributed by atoms with Crippen molar-refractivity contribution in [2.24, 2.45) is 5.92 Å². The molecule has 0 aliphatic carbocycles. The number of carbonyl (C=O) groups excluding carboxylic acids is 2. The van der Waals surface area contributed by atoms with E-state index in [0.717, 1.165) is 16.7 Å². The summed E-state index contributed by atoms with van der Waals surface area (Å²) in [5.74, 6) is -0.0132. The summed E-state index contributed by atoms with van der Waals surface area (Å²) in [5.41, 5.74) is 3.08. The minimum Gasteiger partial charge on any atom is -0.381 e. The highest BCUT2D eigenvalue weighted by Gasteiger charge is 2.49. The van der Waals surface area contributed by atoms with Crippen LogP contribution in [0.5, 0.6) is 0 Å². The highest BCUT2D eigenvalue weighted by atomic mass is 32.2. The quantitative estimate of drug-likeness (QED) is 0.334. The zero-order valence-corrected chi connectivity index (χ0v) is 24.5. The zero-order chi connectivity index (χ0) is 27.9. The smallest absolute Gasteiger partial charge is 0.254 e. The number of thioether (sulfide) groups is 1. The van der Waals surface area contributed by atoms with Crippen molar-refractivity contribution in [1.82, 2.24) is 20.9 Å². The predicted octanol–water partition coefficient (Wildman–Crippen LogP) is 3.38. The van der Waals surface area contributed by atoms with Crippen LogP contribution in [-0.4, -0.2) is 62.3 Å². The molecule has 1 aliphatic rings. The van der Waals surface area contributed by atoms with Crippen LogP contribution in [0, 0.1) is 12.8 Å². The van der Waals surface area contributed by atoms with Gasteiger partial charge in [-0.3, -0.25) is 9.59 Å². The van der Waals surface area contributed by atoms with Crippen molar-refractivity contribution in [2.75, 3.05) is 12.4 Å². The van der Waals surface area contributed by atoms with Gasteiger partial charge in [0.25, 0.3) is 5.91 Å². The maximum atomic E-state index is 13.7. The van der Waals surface area contributed by atoms with Crippen LogP contribution in [0.4, 0.5) is 0 Å². The first kappa shape index (κ1) is 29.9. The number of rotatable bonds is 10. The van der Waals surface area contributed by atoms with Gasteiger partial charge in [0, 0.05) is 17.8 Å². The monoisotopic (exact) mass is 556 g/mol. The van der Waals surface area contributed by atoms with Gasteiger partial charge in [-0.05, 0) is 62.0 Å². The Morgan fingerprint density at radius 3 is 2.42 bits per heavy atom. The number of aryl methyl sites for hydroxylation is 1. The molecule has 0 spiro atoms. The number of hydrogen-bond donors (Lipinski definition) is 4. The Hall–Kier alpha value is -2.62. The van der Waals surface area contributed by atoms with E-state index in [-0.39, 0.29) is 5.91 Å². The van der Waals surface area contributed by atoms with E-state index < -0.39 is 28.8 Å². The number of aliphatic hydroxyl groups is 1. The number of hydrogen-bond acceptors (Lipinski definition) is 5. The molecule has 1 aliphatic heterocycles. The van der Waals surface area contributed by atoms with Gasteiger partial charge in [0.05, 0.1) is 11.9 Å². The van der Waals surface area contributed by atoms with Crippen molar-refractivity contribution in [1.29, 1.82) is 0 Å². The van der Waals surface area contributed by atoms with Gasteiger partial charge in [0.1, 0.15) is 6.04 Å². The van der Waals surface area contributed by atoms with Gasteiger partial charge in [0.15, 0.2) is 11.2 Å². The van der Waals surface area contributed by atoms with E-state index in [2.05, 4.69) is 29.8 Å². The first-order valence-electron chi connectivity index (χ1n) is 13.0. The van der Waals surface area contributed by atoms with Crippen molar-refractivity contribution in [2.45, 2.75) is 70.5 Å². The van der Waals surface area contributed by atoms with Crippen LogP contribution in [0.15, 0.2) is 54.6 Å². The number of amides is 2. The Morgan fingerprint density at radius 2 is 1.76 bits per heavy atom. The van der Waals surface area contributed by atoms with Gasteiger partial charge in [0.2, 0.25) is 5.91 Å². The third-order valence-electron chi connectivity index (χ3n) is 6.71. The van der Waals surface area contributed by atoms with Gasteiger partial charge >= 0.3 is 0 Å². The Kier molecular flexibility index (Phi) is 10.6. The molecule has 0 saturated carbocycles. The lowest BCUT2D eigenvalue weighted by Gasteiger charge is -2.33. The molecule has 9 heteroatoms. The van der Waals surface area contributed by atoms with Crippen LogP contribution in [0.1, 0.15) is 44.4 Å². The molecule has 38 heavy (non-hydrogen) atoms. The first-order valence-corrected chi connectivity index (χ1v) is 14.4. The summed E-state index contributed by atoms with van der Waals surface area (Å²) in [4.78, 5) is 28.7. The molecule has 2 aromatic carbocycles. The highest BCUT2D eigenvalue weighted by molar-refractivity contribution is 8.00. The molecule has 3 rings (SSSR count). The summed E-state index contributed by atoms with van der Waals surface area (Å²) < 4.78 is -0.512. The molecule has 7 nitrogen and oxygen atoms in total. The molecule has 3 atom stereocenters. The number of carbonyl (C=O) groups is 2. The van der Waals surface area contributed by atoms with Gasteiger partial charge in [-0.2, -0.15) is 0 Å². The normalized spacial score (nSPS) is 18.1. The van der Waals surface area contributed by atoms with E-state index >= 15 is 0 Å². The van der Waals surface area contributed by atoms with E-state index in [1.54, 1.807) is 0 Å². The fraction of sp³-hybridized carbons (Fsp3) is 0.483. The molecular formula is C29H40N4O3S2.